The predicted octanol–water partition coefficient (Wildman–Crippen LogP) is 5.86. The van der Waals surface area contributed by atoms with Gasteiger partial charge in [0.25, 0.3) is 11.8 Å². The highest BCUT2D eigenvalue weighted by atomic mass is 79.9. The highest BCUT2D eigenvalue weighted by Crippen LogP contribution is 2.36. The molecule has 0 saturated carbocycles. The summed E-state index contributed by atoms with van der Waals surface area (Å²) in [6, 6.07) is 15.0. The topological polar surface area (TPSA) is 107 Å². The minimum absolute atomic E-state index is 0.244. The van der Waals surface area contributed by atoms with Crippen molar-refractivity contribution in [3.8, 4) is 23.0 Å². The molecule has 39 heavy (non-hydrogen) atoms. The molecule has 0 radical (unpaired) electrons. The number of benzene rings is 3. The molecule has 0 aromatic heterocycles. The van der Waals surface area contributed by atoms with Gasteiger partial charge in [-0.3, -0.25) is 9.59 Å². The summed E-state index contributed by atoms with van der Waals surface area (Å²) in [6.45, 7) is 5.87. The first kappa shape index (κ1) is 29.5. The third-order valence-electron chi connectivity index (χ3n) is 4.97. The van der Waals surface area contributed by atoms with Crippen LogP contribution < -0.4 is 29.7 Å². The zero-order valence-electron chi connectivity index (χ0n) is 21.3. The Hall–Kier alpha value is -4.02. The summed E-state index contributed by atoms with van der Waals surface area (Å²) in [5.74, 6) is 0.883. The number of carbonyl (C=O) groups is 2. The lowest BCUT2D eigenvalue weighted by Crippen LogP contribution is -2.20. The molecule has 204 valence electrons. The molecule has 0 bridgehead atoms. The van der Waals surface area contributed by atoms with E-state index in [0.29, 0.717) is 62.5 Å². The van der Waals surface area contributed by atoms with Crippen molar-refractivity contribution in [2.45, 2.75) is 6.92 Å². The van der Waals surface area contributed by atoms with Gasteiger partial charge in [-0.1, -0.05) is 24.3 Å². The molecule has 0 fully saturated rings. The Morgan fingerprint density at radius 1 is 1.03 bits per heavy atom. The fraction of sp³-hybridized carbons (Fsp3) is 0.179. The molecule has 3 aromatic carbocycles. The van der Waals surface area contributed by atoms with Crippen LogP contribution in [0.1, 0.15) is 22.8 Å². The number of nitrogens with zero attached hydrogens (tertiary/aromatic N) is 1. The van der Waals surface area contributed by atoms with Gasteiger partial charge in [-0.25, -0.2) is 5.43 Å². The number of hydrogen-bond acceptors (Lipinski definition) is 7. The fourth-order valence-electron chi connectivity index (χ4n) is 3.24. The molecule has 3 rings (SSSR count). The SMILES string of the molecule is C=CCOc1ccc(C(=O)N/N=C/c2cc(Br)c(OCC(=O)Nc3ccc(Cl)cc3)c(OCC)c2)cc1OC. The second-order valence-corrected chi connectivity index (χ2v) is 9.06. The van der Waals surface area contributed by atoms with Crippen LogP contribution in [0.4, 0.5) is 5.69 Å². The van der Waals surface area contributed by atoms with E-state index in [0.717, 1.165) is 0 Å². The van der Waals surface area contributed by atoms with Gasteiger partial charge in [0, 0.05) is 16.3 Å². The van der Waals surface area contributed by atoms with Gasteiger partial charge in [0.1, 0.15) is 6.61 Å². The second-order valence-electron chi connectivity index (χ2n) is 7.77. The molecule has 9 nitrogen and oxygen atoms in total. The zero-order chi connectivity index (χ0) is 28.2. The van der Waals surface area contributed by atoms with Crippen LogP contribution in [0, 0.1) is 0 Å². The number of anilines is 1. The quantitative estimate of drug-likeness (QED) is 0.142. The maximum Gasteiger partial charge on any atom is 0.271 e. The summed E-state index contributed by atoms with van der Waals surface area (Å²) in [5.41, 5.74) is 4.04. The van der Waals surface area contributed by atoms with Gasteiger partial charge in [-0.05, 0) is 83.0 Å². The van der Waals surface area contributed by atoms with E-state index in [4.69, 9.17) is 30.5 Å². The highest BCUT2D eigenvalue weighted by molar-refractivity contribution is 9.10. The summed E-state index contributed by atoms with van der Waals surface area (Å²) in [7, 11) is 1.49. The van der Waals surface area contributed by atoms with Crippen LogP contribution in [-0.4, -0.2) is 45.0 Å². The second kappa shape index (κ2) is 14.8. The minimum Gasteiger partial charge on any atom is -0.493 e. The normalized spacial score (nSPS) is 10.6. The van der Waals surface area contributed by atoms with Crippen LogP contribution in [-0.2, 0) is 4.79 Å². The van der Waals surface area contributed by atoms with Crippen LogP contribution in [0.5, 0.6) is 23.0 Å². The van der Waals surface area contributed by atoms with Crippen molar-refractivity contribution in [1.82, 2.24) is 5.43 Å². The number of halogens is 2. The maximum absolute atomic E-state index is 12.6. The Kier molecular flexibility index (Phi) is 11.2. The summed E-state index contributed by atoms with van der Waals surface area (Å²) in [4.78, 5) is 24.9. The van der Waals surface area contributed by atoms with Crippen molar-refractivity contribution in [2.24, 2.45) is 5.10 Å². The van der Waals surface area contributed by atoms with Gasteiger partial charge in [-0.15, -0.1) is 0 Å². The number of hydrazone groups is 1. The van der Waals surface area contributed by atoms with Gasteiger partial charge in [-0.2, -0.15) is 5.10 Å². The first-order valence-electron chi connectivity index (χ1n) is 11.7. The third-order valence-corrected chi connectivity index (χ3v) is 5.81. The fourth-order valence-corrected chi connectivity index (χ4v) is 3.94. The van der Waals surface area contributed by atoms with Gasteiger partial charge in [0.15, 0.2) is 29.6 Å². The van der Waals surface area contributed by atoms with E-state index in [1.54, 1.807) is 60.7 Å². The Morgan fingerprint density at radius 2 is 1.79 bits per heavy atom. The average molecular weight is 617 g/mol. The van der Waals surface area contributed by atoms with Crippen molar-refractivity contribution >= 4 is 51.2 Å². The molecule has 0 aliphatic rings. The van der Waals surface area contributed by atoms with Crippen LogP contribution in [0.2, 0.25) is 5.02 Å². The molecule has 2 amide bonds. The van der Waals surface area contributed by atoms with Gasteiger partial charge in [0.05, 0.1) is 24.4 Å². The van der Waals surface area contributed by atoms with E-state index >= 15 is 0 Å². The molecule has 0 unspecified atom stereocenters. The minimum atomic E-state index is -0.435. The van der Waals surface area contributed by atoms with Crippen molar-refractivity contribution < 1.29 is 28.5 Å². The number of amides is 2. The number of ether oxygens (including phenoxy) is 4. The molecule has 0 saturated heterocycles. The highest BCUT2D eigenvalue weighted by Gasteiger charge is 2.15. The molecule has 0 atom stereocenters. The summed E-state index contributed by atoms with van der Waals surface area (Å²) < 4.78 is 22.8. The van der Waals surface area contributed by atoms with Crippen LogP contribution in [0.25, 0.3) is 0 Å². The molecule has 0 aliphatic heterocycles. The van der Waals surface area contributed by atoms with E-state index in [-0.39, 0.29) is 12.5 Å². The van der Waals surface area contributed by atoms with E-state index < -0.39 is 5.91 Å². The number of methoxy groups -OCH3 is 1. The Balaban J connectivity index is 1.65. The number of carbonyl (C=O) groups excluding carboxylic acids is 2. The van der Waals surface area contributed by atoms with Crippen molar-refractivity contribution in [3.05, 3.63) is 87.9 Å². The number of nitrogens with one attached hydrogen (secondary N) is 2. The predicted molar refractivity (Wildman–Crippen MR) is 155 cm³/mol. The van der Waals surface area contributed by atoms with Crippen molar-refractivity contribution in [1.29, 1.82) is 0 Å². The van der Waals surface area contributed by atoms with E-state index in [9.17, 15) is 9.59 Å². The Bertz CT molecular complexity index is 1350. The first-order valence-corrected chi connectivity index (χ1v) is 12.9. The molecule has 0 aliphatic carbocycles. The van der Waals surface area contributed by atoms with Crippen LogP contribution in [0.3, 0.4) is 0 Å². The van der Waals surface area contributed by atoms with E-state index in [1.807, 2.05) is 6.92 Å². The lowest BCUT2D eigenvalue weighted by molar-refractivity contribution is -0.118. The van der Waals surface area contributed by atoms with Gasteiger partial charge >= 0.3 is 0 Å². The molecular formula is C28H27BrClN3O6. The molecule has 3 aromatic rings. The molecule has 11 heteroatoms. The van der Waals surface area contributed by atoms with Crippen LogP contribution >= 0.6 is 27.5 Å². The Morgan fingerprint density at radius 3 is 2.49 bits per heavy atom. The summed E-state index contributed by atoms with van der Waals surface area (Å²) in [5, 5.41) is 7.35. The third kappa shape index (κ3) is 8.76. The van der Waals surface area contributed by atoms with E-state index in [2.05, 4.69) is 38.4 Å². The number of rotatable bonds is 13. The van der Waals surface area contributed by atoms with E-state index in [1.165, 1.54) is 13.3 Å². The smallest absolute Gasteiger partial charge is 0.271 e. The average Bonchev–Trinajstić information content (AvgIpc) is 2.92. The summed E-state index contributed by atoms with van der Waals surface area (Å²) in [6.07, 6.45) is 3.07. The van der Waals surface area contributed by atoms with Gasteiger partial charge in [0.2, 0.25) is 0 Å². The lowest BCUT2D eigenvalue weighted by atomic mass is 10.2. The molecule has 2 N–H and O–H groups in total. The molecule has 0 spiro atoms. The molecule has 0 heterocycles. The van der Waals surface area contributed by atoms with Crippen molar-refractivity contribution in [3.63, 3.8) is 0 Å². The largest absolute Gasteiger partial charge is 0.493 e. The van der Waals surface area contributed by atoms with Crippen molar-refractivity contribution in [2.75, 3.05) is 32.2 Å². The monoisotopic (exact) mass is 615 g/mol. The number of hydrogen-bond donors (Lipinski definition) is 2. The van der Waals surface area contributed by atoms with Crippen LogP contribution in [0.15, 0.2) is 76.8 Å². The maximum atomic E-state index is 12.6. The standard InChI is InChI=1S/C28H27BrClN3O6/c1-4-12-38-23-11-6-19(15-24(23)36-3)28(35)33-31-16-18-13-22(29)27(25(14-18)37-5-2)39-17-26(34)32-21-9-7-20(30)8-10-21/h4,6-11,13-16H,1,5,12,17H2,2-3H3,(H,32,34)(H,33,35)/b31-16+. The van der Waals surface area contributed by atoms with Gasteiger partial charge < -0.3 is 24.3 Å². The summed E-state index contributed by atoms with van der Waals surface area (Å²) >= 11 is 9.33. The Labute approximate surface area is 239 Å². The lowest BCUT2D eigenvalue weighted by Gasteiger charge is -2.14. The zero-order valence-corrected chi connectivity index (χ0v) is 23.7. The first-order chi connectivity index (χ1) is 18.8. The molecular weight excluding hydrogens is 590 g/mol.